The third-order valence-electron chi connectivity index (χ3n) is 10.3. The van der Waals surface area contributed by atoms with E-state index in [4.69, 9.17) is 24.7 Å². The minimum atomic E-state index is 0.533. The van der Waals surface area contributed by atoms with Crippen LogP contribution in [0.3, 0.4) is 0 Å². The number of para-hydroxylation sites is 4. The third kappa shape index (κ3) is 6.44. The Morgan fingerprint density at radius 1 is 0.400 bits per heavy atom. The lowest BCUT2D eigenvalue weighted by molar-refractivity contribution is 0.477. The van der Waals surface area contributed by atoms with E-state index in [1.165, 1.54) is 0 Å². The molecular weight excluding hydrogens is 743 g/mol. The van der Waals surface area contributed by atoms with Crippen molar-refractivity contribution in [1.29, 1.82) is 0 Å². The first-order valence-corrected chi connectivity index (χ1v) is 19.4. The number of hydrogen-bond acceptors (Lipinski definition) is 10. The molecule has 10 nitrogen and oxygen atoms in total. The molecule has 60 heavy (non-hydrogen) atoms. The molecule has 10 heteroatoms. The Hall–Kier alpha value is -8.50. The van der Waals surface area contributed by atoms with Crippen molar-refractivity contribution in [2.75, 3.05) is 4.90 Å². The molecule has 0 aliphatic carbocycles. The Labute approximate surface area is 344 Å². The van der Waals surface area contributed by atoms with Gasteiger partial charge in [-0.15, -0.1) is 0 Å². The Bertz CT molecular complexity index is 3030. The smallest absolute Gasteiger partial charge is 0.162 e. The van der Waals surface area contributed by atoms with Gasteiger partial charge in [0, 0.05) is 65.1 Å². The van der Waals surface area contributed by atoms with Gasteiger partial charge in [-0.25, -0.2) is 19.9 Å². The van der Waals surface area contributed by atoms with Crippen LogP contribution in [0.2, 0.25) is 0 Å². The number of nitrogens with zero attached hydrogens (tertiary/aromatic N) is 9. The van der Waals surface area contributed by atoms with E-state index < -0.39 is 0 Å². The van der Waals surface area contributed by atoms with E-state index in [1.807, 2.05) is 109 Å². The Morgan fingerprint density at radius 3 is 1.55 bits per heavy atom. The number of anilines is 3. The quantitative estimate of drug-likeness (QED) is 0.155. The summed E-state index contributed by atoms with van der Waals surface area (Å²) in [6, 6.07) is 50.4. The van der Waals surface area contributed by atoms with Crippen LogP contribution in [-0.4, -0.2) is 39.9 Å². The highest BCUT2D eigenvalue weighted by molar-refractivity contribution is 6.03. The number of rotatable bonds is 7. The van der Waals surface area contributed by atoms with Crippen LogP contribution >= 0.6 is 0 Å². The van der Waals surface area contributed by atoms with Crippen molar-refractivity contribution < 1.29 is 4.74 Å². The van der Waals surface area contributed by atoms with Gasteiger partial charge in [0.1, 0.15) is 0 Å². The summed E-state index contributed by atoms with van der Waals surface area (Å²) in [6.45, 7) is 0. The van der Waals surface area contributed by atoms with E-state index in [2.05, 4.69) is 67.3 Å². The van der Waals surface area contributed by atoms with E-state index in [-0.39, 0.29) is 0 Å². The summed E-state index contributed by atoms with van der Waals surface area (Å²) in [5.41, 5.74) is 10.5. The van der Waals surface area contributed by atoms with Gasteiger partial charge in [-0.05, 0) is 120 Å². The highest BCUT2D eigenvalue weighted by Crippen LogP contribution is 2.51. The van der Waals surface area contributed by atoms with Crippen molar-refractivity contribution in [3.8, 4) is 79.6 Å². The average Bonchev–Trinajstić information content (AvgIpc) is 3.33. The van der Waals surface area contributed by atoms with Gasteiger partial charge in [0.15, 0.2) is 23.1 Å². The first kappa shape index (κ1) is 34.7. The first-order chi connectivity index (χ1) is 29.7. The Kier molecular flexibility index (Phi) is 8.55. The van der Waals surface area contributed by atoms with Crippen molar-refractivity contribution in [3.63, 3.8) is 0 Å². The fourth-order valence-electron chi connectivity index (χ4n) is 7.55. The SMILES string of the molecule is c1ccc(-c2cc(-c3cc(-c4cc(-c5ccccn5)nc(-c5cccnc5)n4)c4cc(N5c6ccccc6Oc6ccccc65)ccc4c3)nc(-c3cccnc3)n2)nc1. The van der Waals surface area contributed by atoms with Gasteiger partial charge < -0.3 is 9.64 Å². The standard InChI is InChI=1S/C50H31N9O/c1-3-17-47-45(15-1)59(46-16-2-4-18-48(46)60-47)36-20-19-32-25-35(41-28-43(39-13-5-7-23-53-39)57-49(55-41)33-11-9-21-51-30-33)26-38(37(32)27-36)42-29-44(40-14-6-8-24-54-40)58-50(56-42)34-12-10-22-52-31-34/h1-31H. The maximum Gasteiger partial charge on any atom is 0.162 e. The summed E-state index contributed by atoms with van der Waals surface area (Å²) in [6.07, 6.45) is 10.6. The van der Waals surface area contributed by atoms with Crippen LogP contribution < -0.4 is 9.64 Å². The van der Waals surface area contributed by atoms with E-state index >= 15 is 0 Å². The zero-order valence-electron chi connectivity index (χ0n) is 31.8. The van der Waals surface area contributed by atoms with Gasteiger partial charge in [-0.1, -0.05) is 42.5 Å². The second-order valence-electron chi connectivity index (χ2n) is 14.1. The predicted molar refractivity (Wildman–Crippen MR) is 234 cm³/mol. The number of hydrogen-bond donors (Lipinski definition) is 0. The van der Waals surface area contributed by atoms with Crippen molar-refractivity contribution >= 4 is 27.8 Å². The minimum Gasteiger partial charge on any atom is -0.453 e. The van der Waals surface area contributed by atoms with Crippen LogP contribution in [0, 0.1) is 0 Å². The van der Waals surface area contributed by atoms with Crippen molar-refractivity contribution in [3.05, 3.63) is 189 Å². The zero-order chi connectivity index (χ0) is 39.8. The summed E-state index contributed by atoms with van der Waals surface area (Å²) >= 11 is 0. The van der Waals surface area contributed by atoms with Crippen LogP contribution in [0.5, 0.6) is 11.5 Å². The summed E-state index contributed by atoms with van der Waals surface area (Å²) < 4.78 is 6.38. The van der Waals surface area contributed by atoms with E-state index in [0.29, 0.717) is 28.7 Å². The fraction of sp³-hybridized carbons (Fsp3) is 0. The number of pyridine rings is 4. The molecule has 0 saturated carbocycles. The molecule has 0 unspecified atom stereocenters. The Morgan fingerprint density at radius 2 is 0.967 bits per heavy atom. The van der Waals surface area contributed by atoms with Gasteiger partial charge in [-0.3, -0.25) is 19.9 Å². The second-order valence-corrected chi connectivity index (χ2v) is 14.1. The monoisotopic (exact) mass is 773 g/mol. The molecular formula is C50H31N9O. The summed E-state index contributed by atoms with van der Waals surface area (Å²) in [5.74, 6) is 2.63. The molecule has 0 fully saturated rings. The van der Waals surface area contributed by atoms with Crippen LogP contribution in [0.25, 0.3) is 78.8 Å². The molecule has 0 spiro atoms. The van der Waals surface area contributed by atoms with Crippen molar-refractivity contribution in [1.82, 2.24) is 39.9 Å². The molecule has 0 radical (unpaired) electrons. The first-order valence-electron chi connectivity index (χ1n) is 19.4. The Balaban J connectivity index is 1.18. The number of benzene rings is 4. The topological polar surface area (TPSA) is 116 Å². The molecule has 1 aliphatic heterocycles. The largest absolute Gasteiger partial charge is 0.453 e. The molecule has 6 aromatic heterocycles. The van der Waals surface area contributed by atoms with Gasteiger partial charge in [0.25, 0.3) is 0 Å². The zero-order valence-corrected chi connectivity index (χ0v) is 31.8. The molecule has 0 N–H and O–H groups in total. The molecule has 0 atom stereocenters. The molecule has 0 saturated heterocycles. The lowest BCUT2D eigenvalue weighted by atomic mass is 9.95. The predicted octanol–water partition coefficient (Wildman–Crippen LogP) is 11.6. The second kappa shape index (κ2) is 14.8. The molecule has 4 aromatic carbocycles. The number of aromatic nitrogens is 8. The molecule has 282 valence electrons. The summed E-state index contributed by atoms with van der Waals surface area (Å²) in [5, 5.41) is 1.97. The van der Waals surface area contributed by atoms with E-state index in [9.17, 15) is 0 Å². The maximum absolute atomic E-state index is 6.38. The van der Waals surface area contributed by atoms with Gasteiger partial charge in [0.05, 0.1) is 45.5 Å². The number of ether oxygens (including phenoxy) is 1. The van der Waals surface area contributed by atoms with Crippen LogP contribution in [0.1, 0.15) is 0 Å². The highest BCUT2D eigenvalue weighted by atomic mass is 16.5. The van der Waals surface area contributed by atoms with E-state index in [0.717, 1.165) is 78.7 Å². The van der Waals surface area contributed by atoms with Gasteiger partial charge in [0.2, 0.25) is 0 Å². The fourth-order valence-corrected chi connectivity index (χ4v) is 7.55. The minimum absolute atomic E-state index is 0.533. The lowest BCUT2D eigenvalue weighted by Gasteiger charge is -2.33. The molecule has 11 rings (SSSR count). The maximum atomic E-state index is 6.38. The molecule has 1 aliphatic rings. The number of fused-ring (bicyclic) bond motifs is 3. The van der Waals surface area contributed by atoms with Crippen molar-refractivity contribution in [2.24, 2.45) is 0 Å². The normalized spacial score (nSPS) is 11.8. The van der Waals surface area contributed by atoms with Crippen molar-refractivity contribution in [2.45, 2.75) is 0 Å². The van der Waals surface area contributed by atoms with E-state index in [1.54, 1.807) is 37.2 Å². The third-order valence-corrected chi connectivity index (χ3v) is 10.3. The van der Waals surface area contributed by atoms with Crippen LogP contribution in [0.15, 0.2) is 189 Å². The highest BCUT2D eigenvalue weighted by Gasteiger charge is 2.26. The van der Waals surface area contributed by atoms with Gasteiger partial charge >= 0.3 is 0 Å². The van der Waals surface area contributed by atoms with Crippen LogP contribution in [-0.2, 0) is 0 Å². The van der Waals surface area contributed by atoms with Crippen LogP contribution in [0.4, 0.5) is 17.1 Å². The summed E-state index contributed by atoms with van der Waals surface area (Å²) in [4.78, 5) is 40.8. The molecule has 0 bridgehead atoms. The average molecular weight is 774 g/mol. The van der Waals surface area contributed by atoms with Gasteiger partial charge in [-0.2, -0.15) is 0 Å². The lowest BCUT2D eigenvalue weighted by Crippen LogP contribution is -2.15. The molecule has 10 aromatic rings. The molecule has 0 amide bonds. The summed E-state index contributed by atoms with van der Waals surface area (Å²) in [7, 11) is 0. The molecule has 7 heterocycles.